The van der Waals surface area contributed by atoms with Gasteiger partial charge in [-0.2, -0.15) is 0 Å². The van der Waals surface area contributed by atoms with E-state index in [0.717, 1.165) is 5.56 Å². The van der Waals surface area contributed by atoms with E-state index in [1.54, 1.807) is 26.2 Å². The van der Waals surface area contributed by atoms with Crippen molar-refractivity contribution < 1.29 is 19.0 Å². The molecular weight excluding hydrogens is 525 g/mol. The van der Waals surface area contributed by atoms with E-state index in [2.05, 4.69) is 20.5 Å². The topological polar surface area (TPSA) is 87.7 Å². The molecule has 1 saturated heterocycles. The Labute approximate surface area is 208 Å². The van der Waals surface area contributed by atoms with Crippen LogP contribution in [0.3, 0.4) is 0 Å². The van der Waals surface area contributed by atoms with Crippen molar-refractivity contribution in [1.82, 2.24) is 20.4 Å². The molecule has 1 fully saturated rings. The second kappa shape index (κ2) is 12.3. The molecule has 0 spiro atoms. The van der Waals surface area contributed by atoms with Crippen LogP contribution in [0.1, 0.15) is 32.4 Å². The van der Waals surface area contributed by atoms with E-state index < -0.39 is 5.60 Å². The number of halogens is 1. The summed E-state index contributed by atoms with van der Waals surface area (Å²) < 4.78 is 16.2. The molecule has 182 valence electrons. The summed E-state index contributed by atoms with van der Waals surface area (Å²) in [7, 11) is 9.06. The van der Waals surface area contributed by atoms with Crippen LogP contribution >= 0.6 is 24.0 Å². The highest BCUT2D eigenvalue weighted by Crippen LogP contribution is 2.31. The number of aliphatic imine (C=N–C) groups is 1. The van der Waals surface area contributed by atoms with Gasteiger partial charge in [-0.25, -0.2) is 4.79 Å². The van der Waals surface area contributed by atoms with E-state index in [9.17, 15) is 4.79 Å². The Balaban J connectivity index is 0.00000512. The molecule has 1 heterocycles. The van der Waals surface area contributed by atoms with Gasteiger partial charge in [0.25, 0.3) is 0 Å². The van der Waals surface area contributed by atoms with Crippen LogP contribution < -0.4 is 20.1 Å². The first-order valence-corrected chi connectivity index (χ1v) is 10.4. The lowest BCUT2D eigenvalue weighted by atomic mass is 10.1. The quantitative estimate of drug-likeness (QED) is 0.300. The summed E-state index contributed by atoms with van der Waals surface area (Å²) >= 11 is 0. The van der Waals surface area contributed by atoms with Gasteiger partial charge in [0.2, 0.25) is 0 Å². The minimum Gasteiger partial charge on any atom is -0.493 e. The lowest BCUT2D eigenvalue weighted by Gasteiger charge is -2.40. The number of carbonyl (C=O) groups excluding carboxylic acids is 1. The van der Waals surface area contributed by atoms with E-state index in [1.165, 1.54) is 0 Å². The van der Waals surface area contributed by atoms with Crippen molar-refractivity contribution in [1.29, 1.82) is 0 Å². The van der Waals surface area contributed by atoms with Gasteiger partial charge in [0.05, 0.1) is 26.3 Å². The Kier molecular flexibility index (Phi) is 10.8. The van der Waals surface area contributed by atoms with Gasteiger partial charge < -0.3 is 34.6 Å². The lowest BCUT2D eigenvalue weighted by Crippen LogP contribution is -2.63. The molecule has 0 bridgehead atoms. The molecule has 1 aromatic carbocycles. The molecule has 1 aliphatic heterocycles. The smallest absolute Gasteiger partial charge is 0.410 e. The van der Waals surface area contributed by atoms with Crippen molar-refractivity contribution in [2.75, 3.05) is 55.0 Å². The highest BCUT2D eigenvalue weighted by Gasteiger charge is 2.34. The molecule has 1 unspecified atom stereocenters. The lowest BCUT2D eigenvalue weighted by molar-refractivity contribution is 0.00700. The maximum Gasteiger partial charge on any atom is 0.410 e. The monoisotopic (exact) mass is 563 g/mol. The molecule has 10 heteroatoms. The van der Waals surface area contributed by atoms with Crippen LogP contribution in [0.4, 0.5) is 4.79 Å². The summed E-state index contributed by atoms with van der Waals surface area (Å²) in [5.41, 5.74) is 0.615. The zero-order valence-electron chi connectivity index (χ0n) is 20.4. The summed E-state index contributed by atoms with van der Waals surface area (Å²) in [6, 6.07) is 6.17. The van der Waals surface area contributed by atoms with Crippen molar-refractivity contribution in [3.05, 3.63) is 23.8 Å². The van der Waals surface area contributed by atoms with Crippen LogP contribution in [-0.2, 0) is 4.74 Å². The van der Waals surface area contributed by atoms with E-state index in [1.807, 2.05) is 53.1 Å². The summed E-state index contributed by atoms with van der Waals surface area (Å²) in [5, 5.41) is 6.75. The predicted octanol–water partition coefficient (Wildman–Crippen LogP) is 2.71. The first-order valence-electron chi connectivity index (χ1n) is 10.4. The van der Waals surface area contributed by atoms with Crippen LogP contribution in [0.15, 0.2) is 23.2 Å². The van der Waals surface area contributed by atoms with Crippen LogP contribution in [0.25, 0.3) is 0 Å². The summed E-state index contributed by atoms with van der Waals surface area (Å²) in [5.74, 6) is 2.10. The number of nitrogens with zero attached hydrogens (tertiary/aromatic N) is 3. The third-order valence-electron chi connectivity index (χ3n) is 4.98. The number of benzene rings is 1. The number of amides is 1. The van der Waals surface area contributed by atoms with Crippen LogP contribution in [0.5, 0.6) is 11.5 Å². The van der Waals surface area contributed by atoms with Gasteiger partial charge in [0, 0.05) is 26.7 Å². The van der Waals surface area contributed by atoms with Crippen molar-refractivity contribution in [3.8, 4) is 11.5 Å². The van der Waals surface area contributed by atoms with Crippen molar-refractivity contribution in [2.45, 2.75) is 38.5 Å². The molecule has 1 aliphatic rings. The normalized spacial score (nSPS) is 15.4. The Bertz CT molecular complexity index is 776. The second-order valence-electron chi connectivity index (χ2n) is 8.77. The number of nitrogens with one attached hydrogen (secondary N) is 2. The van der Waals surface area contributed by atoms with E-state index in [4.69, 9.17) is 14.2 Å². The van der Waals surface area contributed by atoms with Gasteiger partial charge in [-0.1, -0.05) is 6.07 Å². The number of carbonyl (C=O) groups is 1. The molecule has 1 amide bonds. The van der Waals surface area contributed by atoms with Crippen molar-refractivity contribution in [3.63, 3.8) is 0 Å². The largest absolute Gasteiger partial charge is 0.493 e. The maximum atomic E-state index is 12.1. The number of likely N-dealkylation sites (N-methyl/N-ethyl adjacent to an activating group) is 1. The van der Waals surface area contributed by atoms with Crippen LogP contribution in [0, 0.1) is 0 Å². The molecule has 9 nitrogen and oxygen atoms in total. The Morgan fingerprint density at radius 2 is 1.84 bits per heavy atom. The van der Waals surface area contributed by atoms with Gasteiger partial charge in [0.1, 0.15) is 5.60 Å². The number of methoxy groups -OCH3 is 2. The Morgan fingerprint density at radius 1 is 1.22 bits per heavy atom. The summed E-state index contributed by atoms with van der Waals surface area (Å²) in [6.07, 6.45) is -0.283. The van der Waals surface area contributed by atoms with Gasteiger partial charge in [-0.15, -0.1) is 24.0 Å². The fourth-order valence-electron chi connectivity index (χ4n) is 3.29. The molecular formula is C22H38IN5O4. The SMILES string of the molecule is CN=C(NCC(c1ccc(OC)c(OC)c1)N(C)C)NC1CN(C(=O)OC(C)(C)C)C1.I. The average molecular weight is 563 g/mol. The predicted molar refractivity (Wildman–Crippen MR) is 137 cm³/mol. The number of ether oxygens (including phenoxy) is 3. The standard InChI is InChI=1S/C22H37N5O4.HI/c1-22(2,3)31-21(28)27-13-16(14-27)25-20(23-4)24-12-17(26(5)6)15-9-10-18(29-7)19(11-15)30-8;/h9-11,16-17H,12-14H2,1-8H3,(H2,23,24,25);1H. The molecule has 2 N–H and O–H groups in total. The number of rotatable bonds is 7. The molecule has 0 aromatic heterocycles. The van der Waals surface area contributed by atoms with E-state index >= 15 is 0 Å². The van der Waals surface area contributed by atoms with Crippen molar-refractivity contribution in [2.24, 2.45) is 4.99 Å². The second-order valence-corrected chi connectivity index (χ2v) is 8.77. The third kappa shape index (κ3) is 7.88. The zero-order chi connectivity index (χ0) is 23.2. The number of hydrogen-bond donors (Lipinski definition) is 2. The molecule has 0 aliphatic carbocycles. The summed E-state index contributed by atoms with van der Waals surface area (Å²) in [4.78, 5) is 20.2. The van der Waals surface area contributed by atoms with Gasteiger partial charge in [0.15, 0.2) is 17.5 Å². The first-order chi connectivity index (χ1) is 14.6. The Hall–Kier alpha value is -1.95. The zero-order valence-corrected chi connectivity index (χ0v) is 22.7. The minimum absolute atomic E-state index is 0. The third-order valence-corrected chi connectivity index (χ3v) is 4.98. The molecule has 32 heavy (non-hydrogen) atoms. The molecule has 1 atom stereocenters. The molecule has 2 rings (SSSR count). The molecule has 1 aromatic rings. The number of guanidine groups is 1. The number of likely N-dealkylation sites (tertiary alicyclic amines) is 1. The van der Waals surface area contributed by atoms with Gasteiger partial charge >= 0.3 is 6.09 Å². The molecule has 0 radical (unpaired) electrons. The summed E-state index contributed by atoms with van der Waals surface area (Å²) in [6.45, 7) is 7.42. The van der Waals surface area contributed by atoms with Crippen LogP contribution in [-0.4, -0.2) is 88.5 Å². The van der Waals surface area contributed by atoms with Gasteiger partial charge in [-0.3, -0.25) is 4.99 Å². The average Bonchev–Trinajstić information content (AvgIpc) is 2.66. The first kappa shape index (κ1) is 28.1. The maximum absolute atomic E-state index is 12.1. The minimum atomic E-state index is -0.488. The van der Waals surface area contributed by atoms with Crippen LogP contribution in [0.2, 0.25) is 0 Å². The van der Waals surface area contributed by atoms with E-state index in [0.29, 0.717) is 37.1 Å². The highest BCUT2D eigenvalue weighted by atomic mass is 127. The number of hydrogen-bond acceptors (Lipinski definition) is 6. The van der Waals surface area contributed by atoms with Gasteiger partial charge in [-0.05, 0) is 52.6 Å². The fourth-order valence-corrected chi connectivity index (χ4v) is 3.29. The van der Waals surface area contributed by atoms with E-state index in [-0.39, 0.29) is 42.2 Å². The Morgan fingerprint density at radius 3 is 2.34 bits per heavy atom. The molecule has 0 saturated carbocycles. The highest BCUT2D eigenvalue weighted by molar-refractivity contribution is 14.0. The fraction of sp³-hybridized carbons (Fsp3) is 0.636. The van der Waals surface area contributed by atoms with Crippen molar-refractivity contribution >= 4 is 36.0 Å².